The molecule has 0 amide bonds. The average molecular weight is 156 g/mol. The molecule has 1 heterocycles. The number of rotatable bonds is 3. The second-order valence-electron chi connectivity index (χ2n) is 3.30. The minimum atomic E-state index is -0.0152. The second kappa shape index (κ2) is 3.74. The third-order valence-corrected chi connectivity index (χ3v) is 2.34. The summed E-state index contributed by atoms with van der Waals surface area (Å²) in [5.74, 6) is 0.473. The fourth-order valence-electron chi connectivity index (χ4n) is 1.53. The van der Waals surface area contributed by atoms with Crippen LogP contribution in [0.15, 0.2) is 0 Å². The summed E-state index contributed by atoms with van der Waals surface area (Å²) < 4.78 is 5.03. The van der Waals surface area contributed by atoms with E-state index in [2.05, 4.69) is 6.92 Å². The summed E-state index contributed by atoms with van der Waals surface area (Å²) in [5.41, 5.74) is 0. The molecule has 0 saturated carbocycles. The molecule has 0 unspecified atom stereocenters. The molecule has 0 bridgehead atoms. The van der Waals surface area contributed by atoms with Gasteiger partial charge in [-0.15, -0.1) is 0 Å². The summed E-state index contributed by atoms with van der Waals surface area (Å²) in [6, 6.07) is 0. The summed E-state index contributed by atoms with van der Waals surface area (Å²) in [6.45, 7) is 4.16. The molecule has 1 fully saturated rings. The lowest BCUT2D eigenvalue weighted by Crippen LogP contribution is -2.10. The number of carbonyl (C=O) groups is 1. The van der Waals surface area contributed by atoms with E-state index in [9.17, 15) is 4.79 Å². The van der Waals surface area contributed by atoms with Crippen LogP contribution in [0.5, 0.6) is 0 Å². The number of cyclic esters (lactones) is 1. The summed E-state index contributed by atoms with van der Waals surface area (Å²) in [4.78, 5) is 10.8. The molecule has 1 aliphatic rings. The Morgan fingerprint density at radius 1 is 1.64 bits per heavy atom. The topological polar surface area (TPSA) is 26.3 Å². The normalized spacial score (nSPS) is 30.5. The molecule has 0 spiro atoms. The first-order valence-electron chi connectivity index (χ1n) is 4.43. The minimum Gasteiger partial charge on any atom is -0.462 e. The van der Waals surface area contributed by atoms with Gasteiger partial charge in [0.1, 0.15) is 6.10 Å². The van der Waals surface area contributed by atoms with Crippen molar-refractivity contribution in [1.29, 1.82) is 0 Å². The quantitative estimate of drug-likeness (QED) is 0.585. The average Bonchev–Trinajstić information content (AvgIpc) is 2.26. The van der Waals surface area contributed by atoms with Gasteiger partial charge in [-0.1, -0.05) is 19.8 Å². The van der Waals surface area contributed by atoms with Crippen LogP contribution in [0.1, 0.15) is 39.5 Å². The fraction of sp³-hybridized carbons (Fsp3) is 0.889. The van der Waals surface area contributed by atoms with Crippen LogP contribution in [0.3, 0.4) is 0 Å². The molecule has 0 aromatic rings. The summed E-state index contributed by atoms with van der Waals surface area (Å²) in [7, 11) is 0. The van der Waals surface area contributed by atoms with E-state index in [0.29, 0.717) is 12.3 Å². The van der Waals surface area contributed by atoms with Crippen molar-refractivity contribution in [3.05, 3.63) is 0 Å². The monoisotopic (exact) mass is 156 g/mol. The number of carbonyl (C=O) groups excluding carboxylic acids is 1. The van der Waals surface area contributed by atoms with Crippen LogP contribution in [0.25, 0.3) is 0 Å². The van der Waals surface area contributed by atoms with Gasteiger partial charge in [0.25, 0.3) is 0 Å². The smallest absolute Gasteiger partial charge is 0.306 e. The second-order valence-corrected chi connectivity index (χ2v) is 3.30. The third-order valence-electron chi connectivity index (χ3n) is 2.34. The number of unbranched alkanes of at least 4 members (excludes halogenated alkanes) is 1. The number of esters is 1. The maximum absolute atomic E-state index is 10.8. The summed E-state index contributed by atoms with van der Waals surface area (Å²) in [5, 5.41) is 0. The van der Waals surface area contributed by atoms with E-state index in [1.54, 1.807) is 0 Å². The van der Waals surface area contributed by atoms with Crippen molar-refractivity contribution < 1.29 is 9.53 Å². The Balaban J connectivity index is 2.28. The lowest BCUT2D eigenvalue weighted by Gasteiger charge is -2.10. The van der Waals surface area contributed by atoms with E-state index in [-0.39, 0.29) is 12.1 Å². The largest absolute Gasteiger partial charge is 0.462 e. The highest BCUT2D eigenvalue weighted by atomic mass is 16.5. The Labute approximate surface area is 67.9 Å². The standard InChI is InChI=1S/C9H16O2/c1-3-4-5-8-6-9(10)11-7(8)2/h7-8H,3-6H2,1-2H3/t7-,8-/m0/s1. The molecule has 2 nitrogen and oxygen atoms in total. The van der Waals surface area contributed by atoms with Gasteiger partial charge in [-0.05, 0) is 13.3 Å². The maximum atomic E-state index is 10.8. The predicted molar refractivity (Wildman–Crippen MR) is 43.2 cm³/mol. The Kier molecular flexibility index (Phi) is 2.92. The first-order chi connectivity index (χ1) is 5.24. The lowest BCUT2D eigenvalue weighted by atomic mass is 9.96. The Bertz CT molecular complexity index is 142. The molecule has 0 aromatic carbocycles. The predicted octanol–water partition coefficient (Wildman–Crippen LogP) is 2.13. The van der Waals surface area contributed by atoms with Crippen LogP contribution in [0, 0.1) is 5.92 Å². The van der Waals surface area contributed by atoms with Gasteiger partial charge in [-0.3, -0.25) is 4.79 Å². The van der Waals surface area contributed by atoms with Crippen LogP contribution >= 0.6 is 0 Å². The molecule has 2 atom stereocenters. The van der Waals surface area contributed by atoms with E-state index >= 15 is 0 Å². The Morgan fingerprint density at radius 3 is 2.82 bits per heavy atom. The van der Waals surface area contributed by atoms with Crippen molar-refractivity contribution in [2.75, 3.05) is 0 Å². The molecular weight excluding hydrogens is 140 g/mol. The van der Waals surface area contributed by atoms with Gasteiger partial charge in [-0.2, -0.15) is 0 Å². The van der Waals surface area contributed by atoms with Gasteiger partial charge >= 0.3 is 5.97 Å². The highest BCUT2D eigenvalue weighted by molar-refractivity contribution is 5.71. The van der Waals surface area contributed by atoms with Gasteiger partial charge in [0.15, 0.2) is 0 Å². The molecule has 0 radical (unpaired) electrons. The SMILES string of the molecule is CCCC[C@H]1CC(=O)O[C@H]1C. The minimum absolute atomic E-state index is 0.0152. The van der Waals surface area contributed by atoms with Crippen LogP contribution in [0.2, 0.25) is 0 Å². The molecule has 64 valence electrons. The lowest BCUT2D eigenvalue weighted by molar-refractivity contribution is -0.140. The molecule has 1 aliphatic heterocycles. The van der Waals surface area contributed by atoms with Gasteiger partial charge in [0.05, 0.1) is 6.42 Å². The van der Waals surface area contributed by atoms with Gasteiger partial charge in [0, 0.05) is 5.92 Å². The Morgan fingerprint density at radius 2 is 2.36 bits per heavy atom. The van der Waals surface area contributed by atoms with E-state index in [0.717, 1.165) is 6.42 Å². The molecule has 1 rings (SSSR count). The molecule has 0 aromatic heterocycles. The van der Waals surface area contributed by atoms with Crippen LogP contribution in [-0.4, -0.2) is 12.1 Å². The molecule has 11 heavy (non-hydrogen) atoms. The van der Waals surface area contributed by atoms with Gasteiger partial charge in [0.2, 0.25) is 0 Å². The van der Waals surface area contributed by atoms with Crippen molar-refractivity contribution in [2.24, 2.45) is 5.92 Å². The van der Waals surface area contributed by atoms with E-state index < -0.39 is 0 Å². The van der Waals surface area contributed by atoms with E-state index in [4.69, 9.17) is 4.74 Å². The maximum Gasteiger partial charge on any atom is 0.306 e. The van der Waals surface area contributed by atoms with Crippen LogP contribution < -0.4 is 0 Å². The highest BCUT2D eigenvalue weighted by Gasteiger charge is 2.30. The molecular formula is C9H16O2. The molecule has 0 aliphatic carbocycles. The van der Waals surface area contributed by atoms with E-state index in [1.165, 1.54) is 12.8 Å². The number of hydrogen-bond donors (Lipinski definition) is 0. The van der Waals surface area contributed by atoms with Crippen molar-refractivity contribution >= 4 is 5.97 Å². The number of ether oxygens (including phenoxy) is 1. The van der Waals surface area contributed by atoms with Gasteiger partial charge < -0.3 is 4.74 Å². The molecule has 2 heteroatoms. The zero-order valence-corrected chi connectivity index (χ0v) is 7.30. The number of hydrogen-bond acceptors (Lipinski definition) is 2. The molecule has 1 saturated heterocycles. The highest BCUT2D eigenvalue weighted by Crippen LogP contribution is 2.26. The first-order valence-corrected chi connectivity index (χ1v) is 4.43. The fourth-order valence-corrected chi connectivity index (χ4v) is 1.53. The van der Waals surface area contributed by atoms with Crippen molar-refractivity contribution in [3.8, 4) is 0 Å². The van der Waals surface area contributed by atoms with Crippen molar-refractivity contribution in [2.45, 2.75) is 45.6 Å². The Hall–Kier alpha value is -0.530. The first kappa shape index (κ1) is 8.57. The van der Waals surface area contributed by atoms with Crippen LogP contribution in [0.4, 0.5) is 0 Å². The van der Waals surface area contributed by atoms with Gasteiger partial charge in [-0.25, -0.2) is 0 Å². The summed E-state index contributed by atoms with van der Waals surface area (Å²) >= 11 is 0. The van der Waals surface area contributed by atoms with Crippen molar-refractivity contribution in [3.63, 3.8) is 0 Å². The van der Waals surface area contributed by atoms with Crippen molar-refractivity contribution in [1.82, 2.24) is 0 Å². The van der Waals surface area contributed by atoms with E-state index in [1.807, 2.05) is 6.92 Å². The van der Waals surface area contributed by atoms with Crippen LogP contribution in [-0.2, 0) is 9.53 Å². The third kappa shape index (κ3) is 2.21. The summed E-state index contributed by atoms with van der Waals surface area (Å²) in [6.07, 6.45) is 4.36. The molecule has 0 N–H and O–H groups in total. The zero-order valence-electron chi connectivity index (χ0n) is 7.30. The zero-order chi connectivity index (χ0) is 8.27.